The molecular weight excluding hydrogens is 255 g/mol. The summed E-state index contributed by atoms with van der Waals surface area (Å²) in [7, 11) is 0. The molecule has 0 atom stereocenters. The summed E-state index contributed by atoms with van der Waals surface area (Å²) in [6, 6.07) is -0.0771. The van der Waals surface area contributed by atoms with Gasteiger partial charge in [-0.25, -0.2) is 8.78 Å². The smallest absolute Gasteiger partial charge is 0.312 e. The number of hydrogen-bond acceptors (Lipinski definition) is 3. The Morgan fingerprint density at radius 2 is 1.88 bits per heavy atom. The molecule has 0 radical (unpaired) electrons. The van der Waals surface area contributed by atoms with Gasteiger partial charge >= 0.3 is 6.18 Å². The fraction of sp³-hybridized carbons (Fsp3) is 0.286. The number of halogens is 5. The van der Waals surface area contributed by atoms with Crippen LogP contribution in [0.15, 0.2) is 10.9 Å². The average molecular weight is 258 g/mol. The van der Waals surface area contributed by atoms with Crippen LogP contribution in [0.5, 0.6) is 0 Å². The Labute approximate surface area is 89.0 Å². The average Bonchev–Trinajstić information content (AvgIpc) is 2.14. The first-order valence-electron chi connectivity index (χ1n) is 3.91. The number of hydrogen-bond donors (Lipinski definition) is 1. The van der Waals surface area contributed by atoms with Crippen molar-refractivity contribution in [3.63, 3.8) is 0 Å². The van der Waals surface area contributed by atoms with Gasteiger partial charge in [0.1, 0.15) is 0 Å². The van der Waals surface area contributed by atoms with Crippen molar-refractivity contribution in [2.24, 2.45) is 0 Å². The molecule has 0 aromatic carbocycles. The molecule has 0 aliphatic rings. The molecule has 1 rings (SSSR count). The first-order chi connectivity index (χ1) is 7.64. The SMILES string of the molecule is O=c1[nH]c(C(F)(F)F)c([N+](=O)[O-])cc1C(F)F. The third-order valence-electron chi connectivity index (χ3n) is 1.76. The summed E-state index contributed by atoms with van der Waals surface area (Å²) < 4.78 is 61.1. The Morgan fingerprint density at radius 1 is 1.35 bits per heavy atom. The normalized spacial score (nSPS) is 11.9. The van der Waals surface area contributed by atoms with Gasteiger partial charge in [-0.15, -0.1) is 0 Å². The van der Waals surface area contributed by atoms with Crippen molar-refractivity contribution < 1.29 is 26.9 Å². The fourth-order valence-electron chi connectivity index (χ4n) is 1.06. The summed E-state index contributed by atoms with van der Waals surface area (Å²) in [5.74, 6) is 0. The van der Waals surface area contributed by atoms with Gasteiger partial charge in [-0.2, -0.15) is 13.2 Å². The van der Waals surface area contributed by atoms with E-state index in [1.54, 1.807) is 0 Å². The van der Waals surface area contributed by atoms with E-state index in [1.807, 2.05) is 0 Å². The fourth-order valence-corrected chi connectivity index (χ4v) is 1.06. The number of aromatic nitrogens is 1. The predicted octanol–water partition coefficient (Wildman–Crippen LogP) is 2.24. The standard InChI is InChI=1S/C7H3F5N2O3/c8-5(9)2-1-3(14(16)17)4(7(10,11)12)13-6(2)15/h1,5H,(H,13,15). The molecule has 0 saturated heterocycles. The number of pyridine rings is 1. The van der Waals surface area contributed by atoms with E-state index in [9.17, 15) is 36.9 Å². The molecule has 0 aliphatic carbocycles. The molecular formula is C7H3F5N2O3. The molecule has 5 nitrogen and oxygen atoms in total. The number of nitrogens with zero attached hydrogens (tertiary/aromatic N) is 1. The van der Waals surface area contributed by atoms with Crippen molar-refractivity contribution >= 4 is 5.69 Å². The molecule has 17 heavy (non-hydrogen) atoms. The number of alkyl halides is 5. The van der Waals surface area contributed by atoms with E-state index in [-0.39, 0.29) is 6.07 Å². The second kappa shape index (κ2) is 4.11. The van der Waals surface area contributed by atoms with Crippen molar-refractivity contribution in [2.45, 2.75) is 12.6 Å². The van der Waals surface area contributed by atoms with E-state index in [4.69, 9.17) is 0 Å². The highest BCUT2D eigenvalue weighted by molar-refractivity contribution is 5.40. The molecule has 0 bridgehead atoms. The Balaban J connectivity index is 3.59. The maximum atomic E-state index is 12.3. The number of aromatic amines is 1. The summed E-state index contributed by atoms with van der Waals surface area (Å²) >= 11 is 0. The van der Waals surface area contributed by atoms with Gasteiger partial charge in [0.2, 0.25) is 5.69 Å². The van der Waals surface area contributed by atoms with Crippen LogP contribution in [0.4, 0.5) is 27.6 Å². The summed E-state index contributed by atoms with van der Waals surface area (Å²) in [5, 5.41) is 10.3. The minimum absolute atomic E-state index is 0.0771. The molecule has 1 heterocycles. The Hall–Kier alpha value is -2.00. The molecule has 0 aliphatic heterocycles. The van der Waals surface area contributed by atoms with E-state index >= 15 is 0 Å². The van der Waals surface area contributed by atoms with Crippen molar-refractivity contribution in [3.05, 3.63) is 37.8 Å². The number of rotatable bonds is 2. The lowest BCUT2D eigenvalue weighted by atomic mass is 10.2. The Morgan fingerprint density at radius 3 is 2.24 bits per heavy atom. The number of H-pyrrole nitrogens is 1. The van der Waals surface area contributed by atoms with Crippen LogP contribution in [0.2, 0.25) is 0 Å². The largest absolute Gasteiger partial charge is 0.438 e. The molecule has 94 valence electrons. The van der Waals surface area contributed by atoms with Crippen LogP contribution in [-0.2, 0) is 6.18 Å². The van der Waals surface area contributed by atoms with Crippen molar-refractivity contribution in [3.8, 4) is 0 Å². The van der Waals surface area contributed by atoms with Crippen molar-refractivity contribution in [1.82, 2.24) is 4.98 Å². The first kappa shape index (κ1) is 13.1. The molecule has 1 N–H and O–H groups in total. The minimum Gasteiger partial charge on any atom is -0.312 e. The van der Waals surface area contributed by atoms with Gasteiger partial charge < -0.3 is 4.98 Å². The van der Waals surface area contributed by atoms with Crippen LogP contribution >= 0.6 is 0 Å². The highest BCUT2D eigenvalue weighted by Gasteiger charge is 2.40. The van der Waals surface area contributed by atoms with Crippen LogP contribution < -0.4 is 5.56 Å². The maximum Gasteiger partial charge on any atom is 0.438 e. The number of nitro groups is 1. The van der Waals surface area contributed by atoms with Crippen molar-refractivity contribution in [2.75, 3.05) is 0 Å². The van der Waals surface area contributed by atoms with Crippen LogP contribution in [0, 0.1) is 10.1 Å². The molecule has 1 aromatic rings. The monoisotopic (exact) mass is 258 g/mol. The summed E-state index contributed by atoms with van der Waals surface area (Å²) in [4.78, 5) is 20.7. The molecule has 0 amide bonds. The lowest BCUT2D eigenvalue weighted by Crippen LogP contribution is -2.21. The first-order valence-corrected chi connectivity index (χ1v) is 3.91. The molecule has 0 unspecified atom stereocenters. The zero-order chi connectivity index (χ0) is 13.4. The van der Waals surface area contributed by atoms with Crippen LogP contribution in [0.3, 0.4) is 0 Å². The van der Waals surface area contributed by atoms with E-state index in [0.717, 1.165) is 4.98 Å². The zero-order valence-electron chi connectivity index (χ0n) is 7.72. The van der Waals surface area contributed by atoms with Crippen LogP contribution in [0.25, 0.3) is 0 Å². The minimum atomic E-state index is -5.21. The van der Waals surface area contributed by atoms with E-state index in [0.29, 0.717) is 0 Å². The third kappa shape index (κ3) is 2.57. The highest BCUT2D eigenvalue weighted by atomic mass is 19.4. The Kier molecular flexibility index (Phi) is 3.16. The maximum absolute atomic E-state index is 12.3. The van der Waals surface area contributed by atoms with Gasteiger partial charge in [-0.05, 0) is 0 Å². The lowest BCUT2D eigenvalue weighted by molar-refractivity contribution is -0.388. The molecule has 1 aromatic heterocycles. The van der Waals surface area contributed by atoms with Gasteiger partial charge in [0.15, 0.2) is 0 Å². The summed E-state index contributed by atoms with van der Waals surface area (Å²) in [6.45, 7) is 0. The highest BCUT2D eigenvalue weighted by Crippen LogP contribution is 2.34. The quantitative estimate of drug-likeness (QED) is 0.502. The molecule has 0 saturated carbocycles. The topological polar surface area (TPSA) is 76.0 Å². The summed E-state index contributed by atoms with van der Waals surface area (Å²) in [6.07, 6.45) is -8.61. The predicted molar refractivity (Wildman–Crippen MR) is 43.7 cm³/mol. The van der Waals surface area contributed by atoms with E-state index < -0.39 is 40.0 Å². The van der Waals surface area contributed by atoms with Crippen LogP contribution in [0.1, 0.15) is 17.7 Å². The molecule has 0 spiro atoms. The van der Waals surface area contributed by atoms with Gasteiger partial charge in [0.25, 0.3) is 17.7 Å². The van der Waals surface area contributed by atoms with Gasteiger partial charge in [0.05, 0.1) is 10.5 Å². The van der Waals surface area contributed by atoms with E-state index in [1.165, 1.54) is 0 Å². The second-order valence-electron chi connectivity index (χ2n) is 2.87. The zero-order valence-corrected chi connectivity index (χ0v) is 7.72. The van der Waals surface area contributed by atoms with Gasteiger partial charge in [-0.1, -0.05) is 0 Å². The van der Waals surface area contributed by atoms with Crippen LogP contribution in [-0.4, -0.2) is 9.91 Å². The molecule has 10 heteroatoms. The second-order valence-corrected chi connectivity index (χ2v) is 2.87. The lowest BCUT2D eigenvalue weighted by Gasteiger charge is -2.08. The van der Waals surface area contributed by atoms with Gasteiger partial charge in [0, 0.05) is 6.07 Å². The summed E-state index contributed by atoms with van der Waals surface area (Å²) in [5.41, 5.74) is -6.67. The number of nitrogens with one attached hydrogen (secondary N) is 1. The van der Waals surface area contributed by atoms with E-state index in [2.05, 4.69) is 0 Å². The van der Waals surface area contributed by atoms with Gasteiger partial charge in [-0.3, -0.25) is 14.9 Å². The third-order valence-corrected chi connectivity index (χ3v) is 1.76. The van der Waals surface area contributed by atoms with Crippen molar-refractivity contribution in [1.29, 1.82) is 0 Å². The Bertz CT molecular complexity index is 507. The molecule has 0 fully saturated rings.